The van der Waals surface area contributed by atoms with Gasteiger partial charge in [0.05, 0.1) is 15.6 Å². The van der Waals surface area contributed by atoms with Crippen LogP contribution in [0.2, 0.25) is 10.0 Å². The van der Waals surface area contributed by atoms with Crippen molar-refractivity contribution in [2.45, 2.75) is 0 Å². The Hall–Kier alpha value is -2.17. The lowest BCUT2D eigenvalue weighted by Gasteiger charge is -2.11. The van der Waals surface area contributed by atoms with Crippen LogP contribution in [0.25, 0.3) is 10.8 Å². The van der Waals surface area contributed by atoms with Crippen molar-refractivity contribution >= 4 is 39.9 Å². The maximum Gasteiger partial charge on any atom is 0.343 e. The highest BCUT2D eigenvalue weighted by Gasteiger charge is 2.17. The second kappa shape index (κ2) is 6.14. The molecule has 116 valence electrons. The summed E-state index contributed by atoms with van der Waals surface area (Å²) in [7, 11) is 0. The van der Waals surface area contributed by atoms with Gasteiger partial charge in [-0.15, -0.1) is 0 Å². The first kappa shape index (κ1) is 15.7. The SMILES string of the molecule is O=C(Oc1c(Cl)cc(Cl)c2ccccc12)c1ccc(F)c(F)c1. The Balaban J connectivity index is 2.04. The number of carbonyl (C=O) groups is 1. The van der Waals surface area contributed by atoms with Crippen LogP contribution in [0.15, 0.2) is 48.5 Å². The van der Waals surface area contributed by atoms with E-state index in [9.17, 15) is 13.6 Å². The number of hydrogen-bond donors (Lipinski definition) is 0. The molecule has 0 aromatic heterocycles. The van der Waals surface area contributed by atoms with Gasteiger partial charge in [-0.1, -0.05) is 47.5 Å². The van der Waals surface area contributed by atoms with Crippen molar-refractivity contribution in [3.63, 3.8) is 0 Å². The molecule has 23 heavy (non-hydrogen) atoms. The molecule has 0 radical (unpaired) electrons. The molecule has 0 fully saturated rings. The van der Waals surface area contributed by atoms with Gasteiger partial charge in [-0.25, -0.2) is 13.6 Å². The highest BCUT2D eigenvalue weighted by molar-refractivity contribution is 6.40. The maximum atomic E-state index is 13.2. The largest absolute Gasteiger partial charge is 0.421 e. The van der Waals surface area contributed by atoms with E-state index < -0.39 is 17.6 Å². The van der Waals surface area contributed by atoms with Crippen LogP contribution in [0.1, 0.15) is 10.4 Å². The molecule has 0 heterocycles. The molecule has 0 unspecified atom stereocenters. The van der Waals surface area contributed by atoms with Crippen molar-refractivity contribution in [1.82, 2.24) is 0 Å². The first-order valence-corrected chi connectivity index (χ1v) is 7.27. The van der Waals surface area contributed by atoms with E-state index in [0.717, 1.165) is 18.2 Å². The first-order chi connectivity index (χ1) is 11.0. The summed E-state index contributed by atoms with van der Waals surface area (Å²) in [4.78, 5) is 12.2. The van der Waals surface area contributed by atoms with Crippen LogP contribution in [-0.2, 0) is 0 Å². The van der Waals surface area contributed by atoms with E-state index in [1.54, 1.807) is 24.3 Å². The fraction of sp³-hybridized carbons (Fsp3) is 0. The Bertz CT molecular complexity index is 926. The zero-order chi connectivity index (χ0) is 16.6. The summed E-state index contributed by atoms with van der Waals surface area (Å²) in [5.74, 6) is -2.91. The van der Waals surface area contributed by atoms with Crippen molar-refractivity contribution in [3.8, 4) is 5.75 Å². The number of ether oxygens (including phenoxy) is 1. The van der Waals surface area contributed by atoms with Crippen molar-refractivity contribution in [2.75, 3.05) is 0 Å². The lowest BCUT2D eigenvalue weighted by molar-refractivity contribution is 0.0736. The van der Waals surface area contributed by atoms with E-state index in [2.05, 4.69) is 0 Å². The van der Waals surface area contributed by atoms with Gasteiger partial charge in [0.2, 0.25) is 0 Å². The molecular weight excluding hydrogens is 345 g/mol. The third-order valence-corrected chi connectivity index (χ3v) is 3.84. The fourth-order valence-electron chi connectivity index (χ4n) is 2.15. The number of esters is 1. The topological polar surface area (TPSA) is 26.3 Å². The minimum Gasteiger partial charge on any atom is -0.421 e. The summed E-state index contributed by atoms with van der Waals surface area (Å²) in [6, 6.07) is 11.2. The molecule has 0 bridgehead atoms. The number of fused-ring (bicyclic) bond motifs is 1. The average Bonchev–Trinajstić information content (AvgIpc) is 2.54. The molecule has 2 nitrogen and oxygen atoms in total. The van der Waals surface area contributed by atoms with Gasteiger partial charge >= 0.3 is 5.97 Å². The zero-order valence-corrected chi connectivity index (χ0v) is 13.0. The summed E-state index contributed by atoms with van der Waals surface area (Å²) >= 11 is 12.2. The van der Waals surface area contributed by atoms with Gasteiger partial charge in [0, 0.05) is 10.8 Å². The average molecular weight is 353 g/mol. The standard InChI is InChI=1S/C17H8Cl2F2O2/c18-12-8-13(19)16(11-4-2-1-3-10(11)12)23-17(22)9-5-6-14(20)15(21)7-9/h1-8H. The molecule has 0 amide bonds. The third-order valence-electron chi connectivity index (χ3n) is 3.25. The first-order valence-electron chi connectivity index (χ1n) is 6.51. The van der Waals surface area contributed by atoms with Crippen LogP contribution in [0.4, 0.5) is 8.78 Å². The number of hydrogen-bond acceptors (Lipinski definition) is 2. The Labute approximate surface area is 140 Å². The van der Waals surface area contributed by atoms with Gasteiger partial charge in [0.15, 0.2) is 17.4 Å². The van der Waals surface area contributed by atoms with Gasteiger partial charge in [-0.3, -0.25) is 0 Å². The molecule has 0 aliphatic carbocycles. The lowest BCUT2D eigenvalue weighted by atomic mass is 10.1. The Morgan fingerprint density at radius 1 is 0.870 bits per heavy atom. The van der Waals surface area contributed by atoms with Crippen LogP contribution in [0.5, 0.6) is 5.75 Å². The molecule has 0 saturated heterocycles. The van der Waals surface area contributed by atoms with Gasteiger partial charge in [-0.2, -0.15) is 0 Å². The second-order valence-corrected chi connectivity index (χ2v) is 5.55. The summed E-state index contributed by atoms with van der Waals surface area (Å²) in [6.07, 6.45) is 0. The van der Waals surface area contributed by atoms with Gasteiger partial charge < -0.3 is 4.74 Å². The molecule has 0 N–H and O–H groups in total. The summed E-state index contributed by atoms with van der Waals surface area (Å²) in [6.45, 7) is 0. The molecule has 0 aliphatic heterocycles. The number of carbonyl (C=O) groups excluding carboxylic acids is 1. The van der Waals surface area contributed by atoms with Crippen molar-refractivity contribution in [3.05, 3.63) is 75.8 Å². The monoisotopic (exact) mass is 352 g/mol. The van der Waals surface area contributed by atoms with E-state index in [1.165, 1.54) is 6.07 Å². The predicted octanol–water partition coefficient (Wildman–Crippen LogP) is 5.64. The number of benzene rings is 3. The zero-order valence-electron chi connectivity index (χ0n) is 11.4. The minimum atomic E-state index is -1.13. The Morgan fingerprint density at radius 3 is 2.26 bits per heavy atom. The van der Waals surface area contributed by atoms with Crippen LogP contribution in [-0.4, -0.2) is 5.97 Å². The van der Waals surface area contributed by atoms with Crippen molar-refractivity contribution in [2.24, 2.45) is 0 Å². The number of halogens is 4. The summed E-state index contributed by atoms with van der Waals surface area (Å²) in [5.41, 5.74) is -0.126. The highest BCUT2D eigenvalue weighted by Crippen LogP contribution is 2.38. The van der Waals surface area contributed by atoms with Crippen LogP contribution < -0.4 is 4.74 Å². The molecule has 6 heteroatoms. The second-order valence-electron chi connectivity index (χ2n) is 4.73. The van der Waals surface area contributed by atoms with E-state index in [0.29, 0.717) is 15.8 Å². The molecule has 3 aromatic carbocycles. The predicted molar refractivity (Wildman–Crippen MR) is 85.3 cm³/mol. The normalized spacial score (nSPS) is 10.8. The van der Waals surface area contributed by atoms with E-state index in [-0.39, 0.29) is 16.3 Å². The van der Waals surface area contributed by atoms with Crippen molar-refractivity contribution in [1.29, 1.82) is 0 Å². The Kier molecular flexibility index (Phi) is 4.20. The Morgan fingerprint density at radius 2 is 1.57 bits per heavy atom. The molecule has 0 atom stereocenters. The third kappa shape index (κ3) is 3.00. The van der Waals surface area contributed by atoms with Crippen LogP contribution >= 0.6 is 23.2 Å². The molecule has 0 saturated carbocycles. The van der Waals surface area contributed by atoms with Gasteiger partial charge in [-0.05, 0) is 24.3 Å². The molecule has 3 aromatic rings. The fourth-order valence-corrected chi connectivity index (χ4v) is 2.73. The van der Waals surface area contributed by atoms with E-state index >= 15 is 0 Å². The summed E-state index contributed by atoms with van der Waals surface area (Å²) < 4.78 is 31.5. The van der Waals surface area contributed by atoms with E-state index in [1.807, 2.05) is 0 Å². The number of rotatable bonds is 2. The smallest absolute Gasteiger partial charge is 0.343 e. The molecule has 0 spiro atoms. The van der Waals surface area contributed by atoms with Gasteiger partial charge in [0.25, 0.3) is 0 Å². The maximum absolute atomic E-state index is 13.2. The molecule has 3 rings (SSSR count). The highest BCUT2D eigenvalue weighted by atomic mass is 35.5. The van der Waals surface area contributed by atoms with Gasteiger partial charge in [0.1, 0.15) is 0 Å². The van der Waals surface area contributed by atoms with E-state index in [4.69, 9.17) is 27.9 Å². The minimum absolute atomic E-state index is 0.112. The summed E-state index contributed by atoms with van der Waals surface area (Å²) in [5, 5.41) is 1.76. The molecule has 0 aliphatic rings. The van der Waals surface area contributed by atoms with Crippen LogP contribution in [0, 0.1) is 11.6 Å². The van der Waals surface area contributed by atoms with Crippen molar-refractivity contribution < 1.29 is 18.3 Å². The molecular formula is C17H8Cl2F2O2. The lowest BCUT2D eigenvalue weighted by Crippen LogP contribution is -2.10. The quantitative estimate of drug-likeness (QED) is 0.440. The van der Waals surface area contributed by atoms with Crippen LogP contribution in [0.3, 0.4) is 0 Å².